The second-order valence-corrected chi connectivity index (χ2v) is 4.26. The Morgan fingerprint density at radius 1 is 1.48 bits per heavy atom. The van der Waals surface area contributed by atoms with Crippen LogP contribution in [0.5, 0.6) is 0 Å². The van der Waals surface area contributed by atoms with E-state index in [-0.39, 0.29) is 24.2 Å². The Morgan fingerprint density at radius 3 is 2.90 bits per heavy atom. The second-order valence-electron chi connectivity index (χ2n) is 4.26. The molecule has 0 fully saturated rings. The van der Waals surface area contributed by atoms with Crippen molar-refractivity contribution in [2.45, 2.75) is 6.42 Å². The van der Waals surface area contributed by atoms with Crippen molar-refractivity contribution in [3.05, 3.63) is 47.4 Å². The number of carbonyl (C=O) groups is 1. The number of amides is 1. The molecule has 2 aromatic rings. The molecule has 0 aliphatic heterocycles. The zero-order chi connectivity index (χ0) is 15.2. The van der Waals surface area contributed by atoms with Gasteiger partial charge in [-0.1, -0.05) is 11.8 Å². The number of aryl methyl sites for hydroxylation is 1. The topological polar surface area (TPSA) is 67.2 Å². The van der Waals surface area contributed by atoms with Crippen molar-refractivity contribution < 1.29 is 14.3 Å². The standard InChI is InChI=1S/C15H14FN3O2/c1-19-14(7-8-17-19)18-15(21)12-6-5-11(13(16)10-12)4-2-3-9-20/h5-8,10,20H,3,9H2,1H3,(H,18,21). The van der Waals surface area contributed by atoms with E-state index in [0.717, 1.165) is 6.07 Å². The average Bonchev–Trinajstić information content (AvgIpc) is 2.86. The molecular weight excluding hydrogens is 273 g/mol. The fourth-order valence-corrected chi connectivity index (χ4v) is 1.66. The van der Waals surface area contributed by atoms with Crippen molar-refractivity contribution in [1.29, 1.82) is 0 Å². The van der Waals surface area contributed by atoms with Crippen molar-refractivity contribution in [3.8, 4) is 11.8 Å². The highest BCUT2D eigenvalue weighted by molar-refractivity contribution is 6.03. The summed E-state index contributed by atoms with van der Waals surface area (Å²) in [7, 11) is 1.69. The predicted octanol–water partition coefficient (Wildman–Crippen LogP) is 1.55. The molecular formula is C15H14FN3O2. The van der Waals surface area contributed by atoms with E-state index in [4.69, 9.17) is 5.11 Å². The fourth-order valence-electron chi connectivity index (χ4n) is 1.66. The molecule has 0 saturated carbocycles. The highest BCUT2D eigenvalue weighted by Gasteiger charge is 2.10. The summed E-state index contributed by atoms with van der Waals surface area (Å²) in [6.07, 6.45) is 1.83. The van der Waals surface area contributed by atoms with Gasteiger partial charge in [0.1, 0.15) is 11.6 Å². The third-order valence-electron chi connectivity index (χ3n) is 2.75. The maximum Gasteiger partial charge on any atom is 0.256 e. The molecule has 0 unspecified atom stereocenters. The maximum absolute atomic E-state index is 13.8. The number of carbonyl (C=O) groups excluding carboxylic acids is 1. The van der Waals surface area contributed by atoms with Crippen molar-refractivity contribution in [1.82, 2.24) is 9.78 Å². The Labute approximate surface area is 121 Å². The summed E-state index contributed by atoms with van der Waals surface area (Å²) in [4.78, 5) is 12.0. The summed E-state index contributed by atoms with van der Waals surface area (Å²) in [5.41, 5.74) is 0.391. The van der Waals surface area contributed by atoms with Crippen LogP contribution in [0.4, 0.5) is 10.2 Å². The van der Waals surface area contributed by atoms with E-state index in [1.54, 1.807) is 19.3 Å². The molecule has 0 spiro atoms. The number of halogens is 1. The third-order valence-corrected chi connectivity index (χ3v) is 2.75. The molecule has 21 heavy (non-hydrogen) atoms. The number of nitrogens with one attached hydrogen (secondary N) is 1. The minimum Gasteiger partial charge on any atom is -0.395 e. The van der Waals surface area contributed by atoms with Crippen LogP contribution in [0.25, 0.3) is 0 Å². The highest BCUT2D eigenvalue weighted by atomic mass is 19.1. The summed E-state index contributed by atoms with van der Waals surface area (Å²) in [5.74, 6) is 4.76. The lowest BCUT2D eigenvalue weighted by molar-refractivity contribution is 0.102. The van der Waals surface area contributed by atoms with Crippen molar-refractivity contribution in [2.24, 2.45) is 7.05 Å². The molecule has 1 heterocycles. The lowest BCUT2D eigenvalue weighted by Crippen LogP contribution is -2.14. The summed E-state index contributed by atoms with van der Waals surface area (Å²) in [6.45, 7) is -0.0696. The molecule has 1 amide bonds. The van der Waals surface area contributed by atoms with E-state index in [1.165, 1.54) is 16.8 Å². The molecule has 0 aliphatic carbocycles. The van der Waals surface area contributed by atoms with E-state index < -0.39 is 11.7 Å². The van der Waals surface area contributed by atoms with Crippen LogP contribution in [0.3, 0.4) is 0 Å². The number of aliphatic hydroxyl groups excluding tert-OH is 1. The first-order valence-electron chi connectivity index (χ1n) is 6.30. The van der Waals surface area contributed by atoms with Crippen molar-refractivity contribution in [3.63, 3.8) is 0 Å². The molecule has 2 N–H and O–H groups in total. The van der Waals surface area contributed by atoms with Gasteiger partial charge in [0.05, 0.1) is 18.4 Å². The number of hydrogen-bond acceptors (Lipinski definition) is 3. The minimum atomic E-state index is -0.571. The predicted molar refractivity (Wildman–Crippen MR) is 76.1 cm³/mol. The van der Waals surface area contributed by atoms with Crippen LogP contribution in [0, 0.1) is 17.7 Å². The van der Waals surface area contributed by atoms with Gasteiger partial charge in [-0.25, -0.2) is 4.39 Å². The zero-order valence-electron chi connectivity index (χ0n) is 11.4. The molecule has 1 aromatic heterocycles. The normalized spacial score (nSPS) is 9.86. The smallest absolute Gasteiger partial charge is 0.256 e. The third kappa shape index (κ3) is 3.68. The van der Waals surface area contributed by atoms with E-state index in [2.05, 4.69) is 22.3 Å². The van der Waals surface area contributed by atoms with Crippen LogP contribution < -0.4 is 5.32 Å². The van der Waals surface area contributed by atoms with Crippen LogP contribution in [0.15, 0.2) is 30.5 Å². The highest BCUT2D eigenvalue weighted by Crippen LogP contribution is 2.12. The monoisotopic (exact) mass is 287 g/mol. The molecule has 1 aromatic carbocycles. The summed E-state index contributed by atoms with van der Waals surface area (Å²) in [6, 6.07) is 5.72. The van der Waals surface area contributed by atoms with Crippen molar-refractivity contribution >= 4 is 11.7 Å². The van der Waals surface area contributed by atoms with E-state index in [0.29, 0.717) is 5.82 Å². The molecule has 0 saturated heterocycles. The van der Waals surface area contributed by atoms with Crippen LogP contribution >= 0.6 is 0 Å². The minimum absolute atomic E-state index is 0.0696. The zero-order valence-corrected chi connectivity index (χ0v) is 11.4. The Hall–Kier alpha value is -2.65. The lowest BCUT2D eigenvalue weighted by atomic mass is 10.1. The Morgan fingerprint density at radius 2 is 2.29 bits per heavy atom. The first kappa shape index (κ1) is 14.8. The number of rotatable bonds is 3. The number of nitrogens with zero attached hydrogens (tertiary/aromatic N) is 2. The van der Waals surface area contributed by atoms with Crippen molar-refractivity contribution in [2.75, 3.05) is 11.9 Å². The lowest BCUT2D eigenvalue weighted by Gasteiger charge is -2.05. The first-order chi connectivity index (χ1) is 10.1. The van der Waals surface area contributed by atoms with Crippen LogP contribution in [-0.4, -0.2) is 27.4 Å². The van der Waals surface area contributed by atoms with Crippen LogP contribution in [0.1, 0.15) is 22.3 Å². The van der Waals surface area contributed by atoms with E-state index in [1.807, 2.05) is 0 Å². The molecule has 0 bridgehead atoms. The number of hydrogen-bond donors (Lipinski definition) is 2. The van der Waals surface area contributed by atoms with E-state index >= 15 is 0 Å². The molecule has 6 heteroatoms. The van der Waals surface area contributed by atoms with Gasteiger partial charge in [0, 0.05) is 25.1 Å². The number of benzene rings is 1. The molecule has 0 aliphatic rings. The van der Waals surface area contributed by atoms with Gasteiger partial charge in [0.2, 0.25) is 0 Å². The molecule has 5 nitrogen and oxygen atoms in total. The SMILES string of the molecule is Cn1nccc1NC(=O)c1ccc(C#CCCO)c(F)c1. The Bertz CT molecular complexity index is 713. The number of aromatic nitrogens is 2. The van der Waals surface area contributed by atoms with Gasteiger partial charge < -0.3 is 10.4 Å². The molecule has 0 radical (unpaired) electrons. The van der Waals surface area contributed by atoms with Gasteiger partial charge in [-0.15, -0.1) is 0 Å². The van der Waals surface area contributed by atoms with Gasteiger partial charge in [-0.05, 0) is 18.2 Å². The van der Waals surface area contributed by atoms with Gasteiger partial charge >= 0.3 is 0 Å². The molecule has 108 valence electrons. The summed E-state index contributed by atoms with van der Waals surface area (Å²) in [5, 5.41) is 15.2. The van der Waals surface area contributed by atoms with Gasteiger partial charge in [-0.3, -0.25) is 9.48 Å². The van der Waals surface area contributed by atoms with Gasteiger partial charge in [-0.2, -0.15) is 5.10 Å². The maximum atomic E-state index is 13.8. The van der Waals surface area contributed by atoms with Gasteiger partial charge in [0.15, 0.2) is 0 Å². The number of aliphatic hydroxyl groups is 1. The van der Waals surface area contributed by atoms with Crippen LogP contribution in [-0.2, 0) is 7.05 Å². The number of anilines is 1. The second kappa shape index (κ2) is 6.68. The Kier molecular flexibility index (Phi) is 4.69. The quantitative estimate of drug-likeness (QED) is 0.842. The van der Waals surface area contributed by atoms with E-state index in [9.17, 15) is 9.18 Å². The Balaban J connectivity index is 2.15. The summed E-state index contributed by atoms with van der Waals surface area (Å²) < 4.78 is 15.3. The molecule has 2 rings (SSSR count). The first-order valence-corrected chi connectivity index (χ1v) is 6.30. The molecule has 0 atom stereocenters. The van der Waals surface area contributed by atoms with Crippen LogP contribution in [0.2, 0.25) is 0 Å². The summed E-state index contributed by atoms with van der Waals surface area (Å²) >= 11 is 0. The fraction of sp³-hybridized carbons (Fsp3) is 0.200. The average molecular weight is 287 g/mol. The van der Waals surface area contributed by atoms with Gasteiger partial charge in [0.25, 0.3) is 5.91 Å². The largest absolute Gasteiger partial charge is 0.395 e.